The van der Waals surface area contributed by atoms with E-state index in [-0.39, 0.29) is 5.88 Å². The second-order valence-corrected chi connectivity index (χ2v) is 3.62. The molecule has 0 aromatic heterocycles. The van der Waals surface area contributed by atoms with Crippen molar-refractivity contribution in [2.45, 2.75) is 13.5 Å². The summed E-state index contributed by atoms with van der Waals surface area (Å²) in [6.07, 6.45) is 0. The lowest BCUT2D eigenvalue weighted by Gasteiger charge is -2.05. The van der Waals surface area contributed by atoms with E-state index in [1.54, 1.807) is 0 Å². The molecule has 0 saturated carbocycles. The number of nitrogens with one attached hydrogen (secondary N) is 2. The minimum absolute atomic E-state index is 0.224. The molecule has 86 valence electrons. The molecule has 0 unspecified atom stereocenters. The normalized spacial score (nSPS) is 9.62. The molecule has 0 saturated heterocycles. The fraction of sp³-hybridized carbons (Fsp3) is 0.273. The Balaban J connectivity index is 2.37. The number of alkyl halides is 1. The first-order valence-electron chi connectivity index (χ1n) is 4.81. The van der Waals surface area contributed by atoms with Gasteiger partial charge in [0.15, 0.2) is 0 Å². The highest BCUT2D eigenvalue weighted by Crippen LogP contribution is 2.02. The summed E-state index contributed by atoms with van der Waals surface area (Å²) in [4.78, 5) is 21.9. The van der Waals surface area contributed by atoms with Crippen LogP contribution in [0.2, 0.25) is 0 Å². The summed E-state index contributed by atoms with van der Waals surface area (Å²) in [6, 6.07) is 7.21. The summed E-state index contributed by atoms with van der Waals surface area (Å²) in [6.45, 7) is 2.37. The molecule has 1 rings (SSSR count). The summed E-state index contributed by atoms with van der Waals surface area (Å²) < 4.78 is 0. The maximum absolute atomic E-state index is 11.2. The first-order valence-corrected chi connectivity index (χ1v) is 5.34. The second kappa shape index (κ2) is 6.12. The maximum atomic E-state index is 11.2. The van der Waals surface area contributed by atoms with E-state index in [1.165, 1.54) is 0 Å². The standard InChI is InChI=1S/C11H13ClN2O2/c1-8-2-4-9(5-3-8)7-13-11(16)14-10(15)6-12/h2-5H,6-7H2,1H3,(H2,13,14,15,16). The molecule has 4 nitrogen and oxygen atoms in total. The molecule has 0 heterocycles. The van der Waals surface area contributed by atoms with Crippen LogP contribution in [0.4, 0.5) is 4.79 Å². The van der Waals surface area contributed by atoms with Crippen molar-refractivity contribution in [2.75, 3.05) is 5.88 Å². The van der Waals surface area contributed by atoms with E-state index in [2.05, 4.69) is 10.6 Å². The topological polar surface area (TPSA) is 58.2 Å². The van der Waals surface area contributed by atoms with Crippen molar-refractivity contribution in [1.82, 2.24) is 10.6 Å². The molecule has 0 bridgehead atoms. The van der Waals surface area contributed by atoms with Crippen LogP contribution in [0.15, 0.2) is 24.3 Å². The van der Waals surface area contributed by atoms with Crippen LogP contribution in [0.3, 0.4) is 0 Å². The van der Waals surface area contributed by atoms with Crippen LogP contribution in [-0.2, 0) is 11.3 Å². The number of hydrogen-bond donors (Lipinski definition) is 2. The van der Waals surface area contributed by atoms with Crippen LogP contribution < -0.4 is 10.6 Å². The summed E-state index contributed by atoms with van der Waals surface area (Å²) in [5.74, 6) is -0.735. The summed E-state index contributed by atoms with van der Waals surface area (Å²) >= 11 is 5.24. The van der Waals surface area contributed by atoms with Crippen molar-refractivity contribution >= 4 is 23.5 Å². The highest BCUT2D eigenvalue weighted by molar-refractivity contribution is 6.28. The van der Waals surface area contributed by atoms with E-state index in [1.807, 2.05) is 31.2 Å². The molecule has 0 aliphatic carbocycles. The highest BCUT2D eigenvalue weighted by Gasteiger charge is 2.04. The number of rotatable bonds is 3. The Morgan fingerprint density at radius 2 is 1.88 bits per heavy atom. The van der Waals surface area contributed by atoms with E-state index in [0.717, 1.165) is 11.1 Å². The van der Waals surface area contributed by atoms with Crippen LogP contribution in [0.25, 0.3) is 0 Å². The number of aryl methyl sites for hydroxylation is 1. The van der Waals surface area contributed by atoms with Gasteiger partial charge in [-0.25, -0.2) is 4.79 Å². The van der Waals surface area contributed by atoms with Gasteiger partial charge in [-0.2, -0.15) is 0 Å². The minimum atomic E-state index is -0.536. The highest BCUT2D eigenvalue weighted by atomic mass is 35.5. The molecule has 0 aliphatic heterocycles. The van der Waals surface area contributed by atoms with Gasteiger partial charge in [-0.1, -0.05) is 29.8 Å². The van der Waals surface area contributed by atoms with Crippen molar-refractivity contribution in [1.29, 1.82) is 0 Å². The van der Waals surface area contributed by atoms with E-state index in [4.69, 9.17) is 11.6 Å². The van der Waals surface area contributed by atoms with Crippen molar-refractivity contribution in [2.24, 2.45) is 0 Å². The molecule has 0 spiro atoms. The lowest BCUT2D eigenvalue weighted by Crippen LogP contribution is -2.39. The van der Waals surface area contributed by atoms with Crippen LogP contribution in [0.5, 0.6) is 0 Å². The summed E-state index contributed by atoms with van der Waals surface area (Å²) in [7, 11) is 0. The number of carbonyl (C=O) groups is 2. The van der Waals surface area contributed by atoms with Crippen molar-refractivity contribution < 1.29 is 9.59 Å². The molecule has 0 aliphatic rings. The van der Waals surface area contributed by atoms with E-state index < -0.39 is 11.9 Å². The lowest BCUT2D eigenvalue weighted by molar-refractivity contribution is -0.117. The van der Waals surface area contributed by atoms with E-state index in [0.29, 0.717) is 6.54 Å². The Kier molecular flexibility index (Phi) is 4.79. The number of carbonyl (C=O) groups excluding carboxylic acids is 2. The quantitative estimate of drug-likeness (QED) is 0.788. The van der Waals surface area contributed by atoms with Crippen molar-refractivity contribution in [3.8, 4) is 0 Å². The lowest BCUT2D eigenvalue weighted by atomic mass is 10.1. The van der Waals surface area contributed by atoms with Crippen molar-refractivity contribution in [3.05, 3.63) is 35.4 Å². The molecular weight excluding hydrogens is 228 g/mol. The molecule has 1 aromatic rings. The Labute approximate surface area is 99.0 Å². The third kappa shape index (κ3) is 4.31. The zero-order chi connectivity index (χ0) is 12.0. The third-order valence-electron chi connectivity index (χ3n) is 1.95. The SMILES string of the molecule is Cc1ccc(CNC(=O)NC(=O)CCl)cc1. The Morgan fingerprint density at radius 3 is 2.44 bits per heavy atom. The van der Waals surface area contributed by atoms with Gasteiger partial charge in [0, 0.05) is 6.54 Å². The van der Waals surface area contributed by atoms with Gasteiger partial charge < -0.3 is 5.32 Å². The van der Waals surface area contributed by atoms with Gasteiger partial charge in [-0.05, 0) is 12.5 Å². The van der Waals surface area contributed by atoms with Gasteiger partial charge in [0.05, 0.1) is 0 Å². The molecule has 0 radical (unpaired) electrons. The number of imide groups is 1. The predicted octanol–water partition coefficient (Wildman–Crippen LogP) is 1.56. The van der Waals surface area contributed by atoms with Crippen LogP contribution in [0.1, 0.15) is 11.1 Å². The predicted molar refractivity (Wildman–Crippen MR) is 62.3 cm³/mol. The Morgan fingerprint density at radius 1 is 1.25 bits per heavy atom. The smallest absolute Gasteiger partial charge is 0.321 e. The fourth-order valence-electron chi connectivity index (χ4n) is 1.09. The zero-order valence-electron chi connectivity index (χ0n) is 8.92. The van der Waals surface area contributed by atoms with Gasteiger partial charge in [0.1, 0.15) is 5.88 Å². The Bertz CT molecular complexity index is 376. The van der Waals surface area contributed by atoms with E-state index in [9.17, 15) is 9.59 Å². The summed E-state index contributed by atoms with van der Waals surface area (Å²) in [5, 5.41) is 4.64. The second-order valence-electron chi connectivity index (χ2n) is 3.35. The number of amides is 3. The number of halogens is 1. The van der Waals surface area contributed by atoms with Crippen LogP contribution in [0, 0.1) is 6.92 Å². The monoisotopic (exact) mass is 240 g/mol. The number of benzene rings is 1. The molecule has 3 amide bonds. The number of hydrogen-bond acceptors (Lipinski definition) is 2. The average Bonchev–Trinajstić information content (AvgIpc) is 2.28. The van der Waals surface area contributed by atoms with E-state index >= 15 is 0 Å². The molecule has 1 aromatic carbocycles. The molecule has 16 heavy (non-hydrogen) atoms. The van der Waals surface area contributed by atoms with Crippen molar-refractivity contribution in [3.63, 3.8) is 0 Å². The van der Waals surface area contributed by atoms with Gasteiger partial charge in [0.2, 0.25) is 5.91 Å². The maximum Gasteiger partial charge on any atom is 0.321 e. The third-order valence-corrected chi connectivity index (χ3v) is 2.19. The van der Waals surface area contributed by atoms with Gasteiger partial charge in [0.25, 0.3) is 0 Å². The minimum Gasteiger partial charge on any atom is -0.334 e. The first-order chi connectivity index (χ1) is 7.61. The summed E-state index contributed by atoms with van der Waals surface area (Å²) in [5.41, 5.74) is 2.13. The molecule has 0 fully saturated rings. The van der Waals surface area contributed by atoms with Gasteiger partial charge in [-0.15, -0.1) is 11.6 Å². The van der Waals surface area contributed by atoms with Crippen LogP contribution in [-0.4, -0.2) is 17.8 Å². The fourth-order valence-corrected chi connectivity index (χ4v) is 1.16. The van der Waals surface area contributed by atoms with Gasteiger partial charge in [-0.3, -0.25) is 10.1 Å². The zero-order valence-corrected chi connectivity index (χ0v) is 9.67. The van der Waals surface area contributed by atoms with Gasteiger partial charge >= 0.3 is 6.03 Å². The first kappa shape index (κ1) is 12.5. The molecule has 5 heteroatoms. The molecular formula is C11H13ClN2O2. The average molecular weight is 241 g/mol. The number of urea groups is 1. The largest absolute Gasteiger partial charge is 0.334 e. The molecule has 0 atom stereocenters. The van der Waals surface area contributed by atoms with Crippen LogP contribution >= 0.6 is 11.6 Å². The Hall–Kier alpha value is -1.55. The molecule has 2 N–H and O–H groups in total.